The molecule has 0 spiro atoms. The van der Waals surface area contributed by atoms with Crippen LogP contribution in [0.2, 0.25) is 0 Å². The van der Waals surface area contributed by atoms with Crippen LogP contribution >= 0.6 is 0 Å². The van der Waals surface area contributed by atoms with Gasteiger partial charge in [-0.2, -0.15) is 0 Å². The molecule has 80 valence electrons. The maximum Gasteiger partial charge on any atom is 0.0689 e. The first kappa shape index (κ1) is 12.9. The second-order valence-corrected chi connectivity index (χ2v) is 5.57. The summed E-state index contributed by atoms with van der Waals surface area (Å²) in [6.45, 7) is 12.5. The van der Waals surface area contributed by atoms with E-state index in [9.17, 15) is 5.11 Å². The fraction of sp³-hybridized carbons (Fsp3) is 1.00. The smallest absolute Gasteiger partial charge is 0.0689 e. The summed E-state index contributed by atoms with van der Waals surface area (Å²) in [4.78, 5) is 2.20. The quantitative estimate of drug-likeness (QED) is 0.727. The van der Waals surface area contributed by atoms with Crippen LogP contribution in [0.15, 0.2) is 0 Å². The van der Waals surface area contributed by atoms with E-state index in [-0.39, 0.29) is 6.10 Å². The van der Waals surface area contributed by atoms with Gasteiger partial charge in [-0.05, 0) is 18.4 Å². The number of rotatable bonds is 4. The van der Waals surface area contributed by atoms with Gasteiger partial charge < -0.3 is 10.0 Å². The molecule has 0 saturated carbocycles. The van der Waals surface area contributed by atoms with E-state index in [1.807, 2.05) is 0 Å². The van der Waals surface area contributed by atoms with E-state index in [0.717, 1.165) is 13.1 Å². The van der Waals surface area contributed by atoms with Gasteiger partial charge in [0.05, 0.1) is 6.10 Å². The minimum Gasteiger partial charge on any atom is -0.392 e. The zero-order chi connectivity index (χ0) is 10.6. The summed E-state index contributed by atoms with van der Waals surface area (Å²) >= 11 is 0. The lowest BCUT2D eigenvalue weighted by molar-refractivity contribution is 0.0742. The van der Waals surface area contributed by atoms with Crippen LogP contribution in [-0.2, 0) is 0 Å². The molecule has 1 atom stereocenters. The minimum atomic E-state index is -0.202. The van der Waals surface area contributed by atoms with Crippen LogP contribution in [-0.4, -0.2) is 36.2 Å². The summed E-state index contributed by atoms with van der Waals surface area (Å²) in [7, 11) is 2.07. The Morgan fingerprint density at radius 3 is 2.00 bits per heavy atom. The van der Waals surface area contributed by atoms with Crippen molar-refractivity contribution in [3.05, 3.63) is 0 Å². The highest BCUT2D eigenvalue weighted by atomic mass is 16.3. The topological polar surface area (TPSA) is 23.5 Å². The monoisotopic (exact) mass is 187 g/mol. The summed E-state index contributed by atoms with van der Waals surface area (Å²) in [5.41, 5.74) is 0.311. The maximum atomic E-state index is 9.65. The lowest BCUT2D eigenvalue weighted by atomic mass is 9.96. The van der Waals surface area contributed by atoms with Crippen molar-refractivity contribution >= 4 is 0 Å². The second kappa shape index (κ2) is 4.97. The van der Waals surface area contributed by atoms with Gasteiger partial charge in [-0.3, -0.25) is 0 Å². The molecule has 1 unspecified atom stereocenters. The van der Waals surface area contributed by atoms with Gasteiger partial charge in [0.15, 0.2) is 0 Å². The standard InChI is InChI=1S/C11H25NO/c1-9(2)10(13)7-12(6)8-11(3,4)5/h9-10,13H,7-8H2,1-6H3. The van der Waals surface area contributed by atoms with Crippen LogP contribution < -0.4 is 0 Å². The zero-order valence-electron chi connectivity index (χ0n) is 9.96. The van der Waals surface area contributed by atoms with Crippen molar-refractivity contribution in [2.45, 2.75) is 40.7 Å². The Morgan fingerprint density at radius 1 is 1.23 bits per heavy atom. The number of hydrogen-bond donors (Lipinski definition) is 1. The molecule has 0 bridgehead atoms. The van der Waals surface area contributed by atoms with E-state index in [1.54, 1.807) is 0 Å². The summed E-state index contributed by atoms with van der Waals surface area (Å²) < 4.78 is 0. The number of hydrogen-bond acceptors (Lipinski definition) is 2. The molecule has 0 aliphatic carbocycles. The van der Waals surface area contributed by atoms with Gasteiger partial charge in [0, 0.05) is 13.1 Å². The van der Waals surface area contributed by atoms with E-state index in [4.69, 9.17) is 0 Å². The van der Waals surface area contributed by atoms with E-state index in [2.05, 4.69) is 46.6 Å². The predicted octanol–water partition coefficient (Wildman–Crippen LogP) is 1.98. The molecule has 0 aliphatic rings. The summed E-state index contributed by atoms with van der Waals surface area (Å²) in [6.07, 6.45) is -0.202. The van der Waals surface area contributed by atoms with Crippen LogP contribution in [0.4, 0.5) is 0 Å². The maximum absolute atomic E-state index is 9.65. The van der Waals surface area contributed by atoms with Gasteiger partial charge in [0.2, 0.25) is 0 Å². The Hall–Kier alpha value is -0.0800. The van der Waals surface area contributed by atoms with Crippen molar-refractivity contribution in [2.75, 3.05) is 20.1 Å². The molecule has 2 heteroatoms. The number of nitrogens with zero attached hydrogens (tertiary/aromatic N) is 1. The molecular weight excluding hydrogens is 162 g/mol. The fourth-order valence-corrected chi connectivity index (χ4v) is 1.40. The number of aliphatic hydroxyl groups is 1. The van der Waals surface area contributed by atoms with Crippen molar-refractivity contribution in [3.63, 3.8) is 0 Å². The van der Waals surface area contributed by atoms with Crippen molar-refractivity contribution in [1.29, 1.82) is 0 Å². The highest BCUT2D eigenvalue weighted by Crippen LogP contribution is 2.14. The molecule has 0 aromatic carbocycles. The molecule has 0 heterocycles. The summed E-state index contributed by atoms with van der Waals surface area (Å²) in [5, 5.41) is 9.65. The molecule has 0 radical (unpaired) electrons. The zero-order valence-corrected chi connectivity index (χ0v) is 9.96. The number of likely N-dealkylation sites (N-methyl/N-ethyl adjacent to an activating group) is 1. The van der Waals surface area contributed by atoms with E-state index in [1.165, 1.54) is 0 Å². The first-order chi connectivity index (χ1) is 5.72. The minimum absolute atomic E-state index is 0.202. The highest BCUT2D eigenvalue weighted by Gasteiger charge is 2.17. The third-order valence-electron chi connectivity index (χ3n) is 2.01. The van der Waals surface area contributed by atoms with Gasteiger partial charge in [-0.25, -0.2) is 0 Å². The molecule has 0 fully saturated rings. The first-order valence-corrected chi connectivity index (χ1v) is 5.09. The van der Waals surface area contributed by atoms with Gasteiger partial charge in [-0.15, -0.1) is 0 Å². The van der Waals surface area contributed by atoms with E-state index in [0.29, 0.717) is 11.3 Å². The molecule has 1 N–H and O–H groups in total. The van der Waals surface area contributed by atoms with Crippen LogP contribution in [0.25, 0.3) is 0 Å². The average molecular weight is 187 g/mol. The Bertz CT molecular complexity index is 138. The molecule has 13 heavy (non-hydrogen) atoms. The van der Waals surface area contributed by atoms with E-state index >= 15 is 0 Å². The predicted molar refractivity (Wildman–Crippen MR) is 57.8 cm³/mol. The lowest BCUT2D eigenvalue weighted by Gasteiger charge is -2.29. The van der Waals surface area contributed by atoms with Crippen molar-refractivity contribution in [1.82, 2.24) is 4.90 Å². The Kier molecular flexibility index (Phi) is 4.93. The summed E-state index contributed by atoms with van der Waals surface area (Å²) in [6, 6.07) is 0. The first-order valence-electron chi connectivity index (χ1n) is 5.09. The summed E-state index contributed by atoms with van der Waals surface area (Å²) in [5.74, 6) is 0.349. The fourth-order valence-electron chi connectivity index (χ4n) is 1.40. The molecule has 0 amide bonds. The molecule has 0 saturated heterocycles. The largest absolute Gasteiger partial charge is 0.392 e. The van der Waals surface area contributed by atoms with Crippen LogP contribution in [0.3, 0.4) is 0 Å². The van der Waals surface area contributed by atoms with Crippen molar-refractivity contribution in [2.24, 2.45) is 11.3 Å². The van der Waals surface area contributed by atoms with Crippen molar-refractivity contribution < 1.29 is 5.11 Å². The Morgan fingerprint density at radius 2 is 1.69 bits per heavy atom. The average Bonchev–Trinajstić information content (AvgIpc) is 1.81. The molecular formula is C11H25NO. The van der Waals surface area contributed by atoms with Crippen LogP contribution in [0.5, 0.6) is 0 Å². The van der Waals surface area contributed by atoms with Gasteiger partial charge in [-0.1, -0.05) is 34.6 Å². The Labute approximate surface area is 82.9 Å². The lowest BCUT2D eigenvalue weighted by Crippen LogP contribution is -2.37. The van der Waals surface area contributed by atoms with Crippen molar-refractivity contribution in [3.8, 4) is 0 Å². The normalized spacial score (nSPS) is 15.5. The molecule has 0 rings (SSSR count). The molecule has 0 aliphatic heterocycles. The SMILES string of the molecule is CC(C)C(O)CN(C)CC(C)(C)C. The second-order valence-electron chi connectivity index (χ2n) is 5.57. The van der Waals surface area contributed by atoms with Gasteiger partial charge in [0.1, 0.15) is 0 Å². The third-order valence-corrected chi connectivity index (χ3v) is 2.01. The number of aliphatic hydroxyl groups excluding tert-OH is 1. The van der Waals surface area contributed by atoms with E-state index < -0.39 is 0 Å². The Balaban J connectivity index is 3.81. The molecule has 0 aromatic heterocycles. The molecule has 2 nitrogen and oxygen atoms in total. The molecule has 0 aromatic rings. The highest BCUT2D eigenvalue weighted by molar-refractivity contribution is 4.70. The van der Waals surface area contributed by atoms with Gasteiger partial charge in [0.25, 0.3) is 0 Å². The van der Waals surface area contributed by atoms with Crippen LogP contribution in [0.1, 0.15) is 34.6 Å². The van der Waals surface area contributed by atoms with Crippen LogP contribution in [0, 0.1) is 11.3 Å². The third kappa shape index (κ3) is 7.03. The van der Waals surface area contributed by atoms with Gasteiger partial charge >= 0.3 is 0 Å².